The molecule has 126 valence electrons. The molecule has 1 aromatic carbocycles. The van der Waals surface area contributed by atoms with Crippen molar-refractivity contribution in [1.29, 1.82) is 0 Å². The molecule has 3 heterocycles. The second-order valence-electron chi connectivity index (χ2n) is 7.79. The summed E-state index contributed by atoms with van der Waals surface area (Å²) in [6.07, 6.45) is 3.30. The largest absolute Gasteiger partial charge is 0.444 e. The molecular formula is C19H28N2O2. The molecule has 3 saturated heterocycles. The van der Waals surface area contributed by atoms with Crippen molar-refractivity contribution in [3.05, 3.63) is 35.9 Å². The highest BCUT2D eigenvalue weighted by Crippen LogP contribution is 2.30. The van der Waals surface area contributed by atoms with Crippen LogP contribution in [0.15, 0.2) is 30.3 Å². The minimum absolute atomic E-state index is 0.145. The first-order valence-electron chi connectivity index (χ1n) is 8.70. The van der Waals surface area contributed by atoms with E-state index < -0.39 is 5.60 Å². The Balaban J connectivity index is 1.68. The molecule has 3 fully saturated rings. The lowest BCUT2D eigenvalue weighted by Gasteiger charge is -2.44. The molecule has 1 aromatic rings. The van der Waals surface area contributed by atoms with Crippen molar-refractivity contribution in [2.45, 2.75) is 64.3 Å². The predicted molar refractivity (Wildman–Crippen MR) is 91.2 cm³/mol. The average Bonchev–Trinajstić information content (AvgIpc) is 2.79. The van der Waals surface area contributed by atoms with Crippen molar-refractivity contribution in [3.8, 4) is 0 Å². The van der Waals surface area contributed by atoms with Crippen LogP contribution in [0, 0.1) is 0 Å². The highest BCUT2D eigenvalue weighted by atomic mass is 16.6. The van der Waals surface area contributed by atoms with Gasteiger partial charge in [0.2, 0.25) is 0 Å². The maximum atomic E-state index is 12.5. The van der Waals surface area contributed by atoms with Gasteiger partial charge in [0.05, 0.1) is 0 Å². The van der Waals surface area contributed by atoms with Gasteiger partial charge in [-0.3, -0.25) is 4.90 Å². The molecule has 4 nitrogen and oxygen atoms in total. The first-order valence-corrected chi connectivity index (χ1v) is 8.70. The Labute approximate surface area is 139 Å². The van der Waals surface area contributed by atoms with Crippen LogP contribution in [0.2, 0.25) is 0 Å². The van der Waals surface area contributed by atoms with Crippen LogP contribution in [0.3, 0.4) is 0 Å². The summed E-state index contributed by atoms with van der Waals surface area (Å²) in [6.45, 7) is 8.53. The van der Waals surface area contributed by atoms with Crippen molar-refractivity contribution in [1.82, 2.24) is 9.80 Å². The molecule has 3 aliphatic rings. The van der Waals surface area contributed by atoms with E-state index in [9.17, 15) is 4.79 Å². The number of piperazine rings is 1. The average molecular weight is 316 g/mol. The highest BCUT2D eigenvalue weighted by molar-refractivity contribution is 5.69. The maximum Gasteiger partial charge on any atom is 0.410 e. The van der Waals surface area contributed by atoms with Crippen LogP contribution in [-0.2, 0) is 11.3 Å². The van der Waals surface area contributed by atoms with Crippen LogP contribution in [0.4, 0.5) is 4.79 Å². The van der Waals surface area contributed by atoms with Crippen LogP contribution in [-0.4, -0.2) is 46.7 Å². The van der Waals surface area contributed by atoms with Gasteiger partial charge in [0.25, 0.3) is 0 Å². The predicted octanol–water partition coefficient (Wildman–Crippen LogP) is 3.66. The molecule has 2 unspecified atom stereocenters. The fourth-order valence-corrected chi connectivity index (χ4v) is 3.68. The van der Waals surface area contributed by atoms with Crippen molar-refractivity contribution in [2.75, 3.05) is 13.1 Å². The number of amides is 1. The smallest absolute Gasteiger partial charge is 0.410 e. The number of hydrogen-bond acceptors (Lipinski definition) is 3. The van der Waals surface area contributed by atoms with Crippen molar-refractivity contribution >= 4 is 6.09 Å². The van der Waals surface area contributed by atoms with E-state index in [1.807, 2.05) is 25.7 Å². The van der Waals surface area contributed by atoms with Crippen molar-refractivity contribution in [3.63, 3.8) is 0 Å². The number of rotatable bonds is 2. The molecule has 2 bridgehead atoms. The number of ether oxygens (including phenoxy) is 1. The maximum absolute atomic E-state index is 12.5. The van der Waals surface area contributed by atoms with E-state index in [1.165, 1.54) is 18.4 Å². The second-order valence-corrected chi connectivity index (χ2v) is 7.79. The number of carbonyl (C=O) groups is 1. The molecule has 0 saturated carbocycles. The van der Waals surface area contributed by atoms with Gasteiger partial charge in [0.15, 0.2) is 0 Å². The first-order chi connectivity index (χ1) is 10.9. The second kappa shape index (κ2) is 6.52. The van der Waals surface area contributed by atoms with Gasteiger partial charge in [0, 0.05) is 31.7 Å². The molecule has 0 aliphatic carbocycles. The molecule has 0 radical (unpaired) electrons. The van der Waals surface area contributed by atoms with Gasteiger partial charge in [-0.1, -0.05) is 30.3 Å². The molecule has 23 heavy (non-hydrogen) atoms. The molecule has 1 amide bonds. The Morgan fingerprint density at radius 2 is 1.83 bits per heavy atom. The van der Waals surface area contributed by atoms with E-state index in [0.717, 1.165) is 26.1 Å². The van der Waals surface area contributed by atoms with Crippen LogP contribution < -0.4 is 0 Å². The first kappa shape index (κ1) is 16.3. The molecule has 4 rings (SSSR count). The fourth-order valence-electron chi connectivity index (χ4n) is 3.68. The van der Waals surface area contributed by atoms with Crippen LogP contribution in [0.25, 0.3) is 0 Å². The quantitative estimate of drug-likeness (QED) is 0.835. The molecule has 0 aromatic heterocycles. The van der Waals surface area contributed by atoms with Gasteiger partial charge in [-0.25, -0.2) is 4.79 Å². The normalized spacial score (nSPS) is 25.3. The van der Waals surface area contributed by atoms with Gasteiger partial charge in [-0.15, -0.1) is 0 Å². The van der Waals surface area contributed by atoms with Gasteiger partial charge in [-0.05, 0) is 45.6 Å². The van der Waals surface area contributed by atoms with E-state index in [1.54, 1.807) is 0 Å². The Hall–Kier alpha value is -1.55. The minimum Gasteiger partial charge on any atom is -0.444 e. The van der Waals surface area contributed by atoms with Crippen LogP contribution >= 0.6 is 0 Å². The monoisotopic (exact) mass is 316 g/mol. The summed E-state index contributed by atoms with van der Waals surface area (Å²) in [5, 5.41) is 0. The molecule has 0 spiro atoms. The van der Waals surface area contributed by atoms with E-state index in [4.69, 9.17) is 4.74 Å². The summed E-state index contributed by atoms with van der Waals surface area (Å²) < 4.78 is 5.61. The summed E-state index contributed by atoms with van der Waals surface area (Å²) in [7, 11) is 0. The number of benzene rings is 1. The zero-order valence-corrected chi connectivity index (χ0v) is 14.5. The lowest BCUT2D eigenvalue weighted by Crippen LogP contribution is -2.58. The Kier molecular flexibility index (Phi) is 4.62. The van der Waals surface area contributed by atoms with Gasteiger partial charge < -0.3 is 9.64 Å². The third kappa shape index (κ3) is 4.05. The van der Waals surface area contributed by atoms with E-state index in [0.29, 0.717) is 6.04 Å². The minimum atomic E-state index is -0.424. The molecular weight excluding hydrogens is 288 g/mol. The fraction of sp³-hybridized carbons (Fsp3) is 0.632. The number of carbonyl (C=O) groups excluding carboxylic acids is 1. The molecule has 2 atom stereocenters. The topological polar surface area (TPSA) is 32.8 Å². The summed E-state index contributed by atoms with van der Waals surface area (Å²) in [5.74, 6) is 0. The van der Waals surface area contributed by atoms with Gasteiger partial charge >= 0.3 is 6.09 Å². The van der Waals surface area contributed by atoms with Crippen molar-refractivity contribution < 1.29 is 9.53 Å². The van der Waals surface area contributed by atoms with Gasteiger partial charge in [0.1, 0.15) is 5.60 Å². The van der Waals surface area contributed by atoms with Gasteiger partial charge in [-0.2, -0.15) is 0 Å². The summed E-state index contributed by atoms with van der Waals surface area (Å²) in [6, 6.07) is 11.3. The van der Waals surface area contributed by atoms with Crippen molar-refractivity contribution in [2.24, 2.45) is 0 Å². The van der Waals surface area contributed by atoms with E-state index in [-0.39, 0.29) is 12.1 Å². The van der Waals surface area contributed by atoms with E-state index >= 15 is 0 Å². The number of fused-ring (bicyclic) bond motifs is 4. The highest BCUT2D eigenvalue weighted by Gasteiger charge is 2.40. The Bertz CT molecular complexity index is 538. The lowest BCUT2D eigenvalue weighted by atomic mass is 10.1. The van der Waals surface area contributed by atoms with E-state index in [2.05, 4.69) is 35.2 Å². The SMILES string of the molecule is CC(C)(C)OC(=O)N1CC2CCCC1CN2Cc1ccccc1. The Morgan fingerprint density at radius 1 is 1.13 bits per heavy atom. The standard InChI is InChI=1S/C19H28N2O2/c1-19(2,3)23-18(22)21-14-16-10-7-11-17(21)13-20(16)12-15-8-5-4-6-9-15/h4-6,8-9,16-17H,7,10-14H2,1-3H3. The summed E-state index contributed by atoms with van der Waals surface area (Å²) >= 11 is 0. The third-order valence-corrected chi connectivity index (χ3v) is 4.74. The zero-order valence-electron chi connectivity index (χ0n) is 14.5. The zero-order chi connectivity index (χ0) is 16.4. The molecule has 4 heteroatoms. The van der Waals surface area contributed by atoms with Crippen LogP contribution in [0.5, 0.6) is 0 Å². The number of hydrogen-bond donors (Lipinski definition) is 0. The lowest BCUT2D eigenvalue weighted by molar-refractivity contribution is -0.0117. The molecule has 3 aliphatic heterocycles. The number of nitrogens with zero attached hydrogens (tertiary/aromatic N) is 2. The molecule has 0 N–H and O–H groups in total. The summed E-state index contributed by atoms with van der Waals surface area (Å²) in [4.78, 5) is 17.0. The summed E-state index contributed by atoms with van der Waals surface area (Å²) in [5.41, 5.74) is 0.927. The Morgan fingerprint density at radius 3 is 2.52 bits per heavy atom. The van der Waals surface area contributed by atoms with Crippen LogP contribution in [0.1, 0.15) is 45.6 Å². The third-order valence-electron chi connectivity index (χ3n) is 4.74.